The molecule has 0 amide bonds. The van der Waals surface area contributed by atoms with Gasteiger partial charge in [-0.25, -0.2) is 0 Å². The zero-order valence-corrected chi connectivity index (χ0v) is 14.0. The lowest BCUT2D eigenvalue weighted by atomic mass is 9.92. The van der Waals surface area contributed by atoms with Crippen molar-refractivity contribution in [1.29, 1.82) is 0 Å². The van der Waals surface area contributed by atoms with Crippen molar-refractivity contribution in [3.05, 3.63) is 0 Å². The first kappa shape index (κ1) is 14.4. The summed E-state index contributed by atoms with van der Waals surface area (Å²) < 4.78 is 0. The van der Waals surface area contributed by atoms with Crippen molar-refractivity contribution in [2.75, 3.05) is 0 Å². The van der Waals surface area contributed by atoms with Crippen LogP contribution >= 0.6 is 0 Å². The molecule has 0 aromatic carbocycles. The van der Waals surface area contributed by atoms with Gasteiger partial charge in [0.2, 0.25) is 0 Å². The third-order valence-corrected chi connectivity index (χ3v) is 5.48. The van der Waals surface area contributed by atoms with E-state index in [1.54, 1.807) is 0 Å². The minimum Gasteiger partial charge on any atom is -0.333 e. The fourth-order valence-electron chi connectivity index (χ4n) is 2.59. The second-order valence-electron chi connectivity index (χ2n) is 7.29. The van der Waals surface area contributed by atoms with Gasteiger partial charge < -0.3 is 9.96 Å². The Bertz CT molecular complexity index is 194. The Morgan fingerprint density at radius 3 is 1.25 bits per heavy atom. The van der Waals surface area contributed by atoms with Crippen LogP contribution in [0.3, 0.4) is 0 Å². The van der Waals surface area contributed by atoms with Crippen LogP contribution in [0.15, 0.2) is 0 Å². The molecule has 1 rings (SSSR count). The summed E-state index contributed by atoms with van der Waals surface area (Å²) in [6.07, 6.45) is 5.55. The highest BCUT2D eigenvalue weighted by molar-refractivity contribution is 6.74. The van der Waals surface area contributed by atoms with Crippen LogP contribution in [0, 0.1) is 0 Å². The summed E-state index contributed by atoms with van der Waals surface area (Å²) in [5.41, 5.74) is 0. The van der Waals surface area contributed by atoms with E-state index < -0.39 is 16.5 Å². The largest absolute Gasteiger partial charge is 0.333 e. The quantitative estimate of drug-likeness (QED) is 0.757. The summed E-state index contributed by atoms with van der Waals surface area (Å²) in [6, 6.07) is 1.46. The molecule has 16 heavy (non-hydrogen) atoms. The monoisotopic (exact) mass is 258 g/mol. The van der Waals surface area contributed by atoms with Crippen molar-refractivity contribution in [3.63, 3.8) is 0 Å². The molecule has 0 aromatic rings. The first-order valence-electron chi connectivity index (χ1n) is 6.73. The van der Waals surface area contributed by atoms with Crippen LogP contribution in [-0.2, 0) is 0 Å². The van der Waals surface area contributed by atoms with Crippen molar-refractivity contribution >= 4 is 16.5 Å². The SMILES string of the molecule is C[Si](C)(C)N[C@@H]1CCCC[C@H]1N[Si](C)(C)C. The van der Waals surface area contributed by atoms with Gasteiger partial charge in [-0.05, 0) is 12.8 Å². The summed E-state index contributed by atoms with van der Waals surface area (Å²) in [6.45, 7) is 14.5. The third kappa shape index (κ3) is 5.61. The van der Waals surface area contributed by atoms with Gasteiger partial charge in [0.05, 0.1) is 0 Å². The predicted octanol–water partition coefficient (Wildman–Crippen LogP) is 3.15. The van der Waals surface area contributed by atoms with E-state index in [1.807, 2.05) is 0 Å². The van der Waals surface area contributed by atoms with Gasteiger partial charge in [-0.2, -0.15) is 0 Å². The average Bonchev–Trinajstić information content (AvgIpc) is 2.03. The molecule has 1 aliphatic carbocycles. The molecule has 1 aliphatic rings. The lowest BCUT2D eigenvalue weighted by molar-refractivity contribution is 0.339. The third-order valence-electron chi connectivity index (χ3n) is 3.00. The molecule has 0 spiro atoms. The Labute approximate surface area is 104 Å². The van der Waals surface area contributed by atoms with Crippen molar-refractivity contribution in [3.8, 4) is 0 Å². The van der Waals surface area contributed by atoms with E-state index in [9.17, 15) is 0 Å². The summed E-state index contributed by atoms with van der Waals surface area (Å²) in [5.74, 6) is 0. The maximum Gasteiger partial charge on any atom is 0.116 e. The van der Waals surface area contributed by atoms with E-state index in [2.05, 4.69) is 49.2 Å². The molecular formula is C12H30N2Si2. The second kappa shape index (κ2) is 5.33. The average molecular weight is 259 g/mol. The Morgan fingerprint density at radius 2 is 1.00 bits per heavy atom. The fourth-order valence-corrected chi connectivity index (χ4v) is 5.50. The van der Waals surface area contributed by atoms with E-state index in [1.165, 1.54) is 25.7 Å². The maximum atomic E-state index is 3.93. The zero-order valence-electron chi connectivity index (χ0n) is 12.0. The van der Waals surface area contributed by atoms with Gasteiger partial charge in [-0.1, -0.05) is 52.1 Å². The Hall–Kier alpha value is 0.354. The first-order chi connectivity index (χ1) is 7.17. The normalized spacial score (nSPS) is 28.1. The number of rotatable bonds is 4. The second-order valence-corrected chi connectivity index (χ2v) is 16.9. The van der Waals surface area contributed by atoms with Crippen LogP contribution < -0.4 is 9.96 Å². The molecule has 0 saturated heterocycles. The molecule has 0 heterocycles. The summed E-state index contributed by atoms with van der Waals surface area (Å²) in [7, 11) is -2.27. The molecule has 0 aliphatic heterocycles. The van der Waals surface area contributed by atoms with Crippen molar-refractivity contribution in [2.24, 2.45) is 0 Å². The molecule has 0 unspecified atom stereocenters. The van der Waals surface area contributed by atoms with Crippen molar-refractivity contribution in [2.45, 2.75) is 77.0 Å². The molecular weight excluding hydrogens is 228 g/mol. The molecule has 0 aromatic heterocycles. The zero-order chi connectivity index (χ0) is 12.4. The van der Waals surface area contributed by atoms with Crippen molar-refractivity contribution in [1.82, 2.24) is 9.96 Å². The number of nitrogens with one attached hydrogen (secondary N) is 2. The molecule has 4 heteroatoms. The molecule has 1 saturated carbocycles. The smallest absolute Gasteiger partial charge is 0.116 e. The van der Waals surface area contributed by atoms with Crippen LogP contribution in [0.5, 0.6) is 0 Å². The topological polar surface area (TPSA) is 24.1 Å². The highest BCUT2D eigenvalue weighted by Gasteiger charge is 2.31. The fraction of sp³-hybridized carbons (Fsp3) is 1.00. The van der Waals surface area contributed by atoms with Crippen LogP contribution in [-0.4, -0.2) is 28.6 Å². The molecule has 2 atom stereocenters. The molecule has 0 bridgehead atoms. The van der Waals surface area contributed by atoms with E-state index in [0.29, 0.717) is 0 Å². The van der Waals surface area contributed by atoms with E-state index >= 15 is 0 Å². The van der Waals surface area contributed by atoms with Crippen LogP contribution in [0.2, 0.25) is 39.3 Å². The Morgan fingerprint density at radius 1 is 0.688 bits per heavy atom. The van der Waals surface area contributed by atoms with Gasteiger partial charge >= 0.3 is 0 Å². The first-order valence-corrected chi connectivity index (χ1v) is 13.7. The van der Waals surface area contributed by atoms with E-state index in [0.717, 1.165) is 12.1 Å². The van der Waals surface area contributed by atoms with Crippen LogP contribution in [0.25, 0.3) is 0 Å². The number of hydrogen-bond acceptors (Lipinski definition) is 2. The lowest BCUT2D eigenvalue weighted by Gasteiger charge is -2.40. The molecule has 96 valence electrons. The summed E-state index contributed by atoms with van der Waals surface area (Å²) in [5, 5.41) is 0. The Kier molecular flexibility index (Phi) is 4.81. The highest BCUT2D eigenvalue weighted by atomic mass is 28.3. The number of hydrogen-bond donors (Lipinski definition) is 2. The summed E-state index contributed by atoms with van der Waals surface area (Å²) in [4.78, 5) is 7.86. The minimum absolute atomic E-state index is 0.729. The standard InChI is InChI=1S/C12H30N2Si2/c1-15(2,3)13-11-9-7-8-10-12(11)14-16(4,5)6/h11-14H,7-10H2,1-6H3/t11-,12-/m1/s1. The predicted molar refractivity (Wildman–Crippen MR) is 79.0 cm³/mol. The molecule has 0 radical (unpaired) electrons. The highest BCUT2D eigenvalue weighted by Crippen LogP contribution is 2.21. The summed E-state index contributed by atoms with van der Waals surface area (Å²) >= 11 is 0. The van der Waals surface area contributed by atoms with E-state index in [4.69, 9.17) is 0 Å². The lowest BCUT2D eigenvalue weighted by Crippen LogP contribution is -2.61. The maximum absolute atomic E-state index is 3.93. The van der Waals surface area contributed by atoms with Gasteiger partial charge in [-0.15, -0.1) is 0 Å². The van der Waals surface area contributed by atoms with Gasteiger partial charge in [0.1, 0.15) is 16.5 Å². The van der Waals surface area contributed by atoms with Crippen LogP contribution in [0.4, 0.5) is 0 Å². The minimum atomic E-state index is -1.14. The van der Waals surface area contributed by atoms with Gasteiger partial charge in [-0.3, -0.25) is 0 Å². The van der Waals surface area contributed by atoms with Gasteiger partial charge in [0.15, 0.2) is 0 Å². The van der Waals surface area contributed by atoms with Crippen molar-refractivity contribution < 1.29 is 0 Å². The Balaban J connectivity index is 2.57. The molecule has 2 nitrogen and oxygen atoms in total. The molecule has 2 N–H and O–H groups in total. The van der Waals surface area contributed by atoms with Gasteiger partial charge in [0.25, 0.3) is 0 Å². The van der Waals surface area contributed by atoms with Gasteiger partial charge in [0, 0.05) is 12.1 Å². The molecule has 1 fully saturated rings. The van der Waals surface area contributed by atoms with E-state index in [-0.39, 0.29) is 0 Å². The van der Waals surface area contributed by atoms with Crippen LogP contribution in [0.1, 0.15) is 25.7 Å².